The van der Waals surface area contributed by atoms with Crippen molar-refractivity contribution < 1.29 is 38.7 Å². The first-order chi connectivity index (χ1) is 14.6. The first-order valence-electron chi connectivity index (χ1n) is 10.8. The lowest BCUT2D eigenvalue weighted by Crippen LogP contribution is -2.38. The van der Waals surface area contributed by atoms with E-state index in [9.17, 15) is 19.8 Å². The summed E-state index contributed by atoms with van der Waals surface area (Å²) in [4.78, 5) is 24.2. The minimum Gasteiger partial charge on any atom is -0.502 e. The molecule has 0 bridgehead atoms. The molecular weight excluding hydrogens is 404 g/mol. The van der Waals surface area contributed by atoms with Gasteiger partial charge in [0, 0.05) is 26.4 Å². The highest BCUT2D eigenvalue weighted by Gasteiger charge is 2.40. The third-order valence-electron chi connectivity index (χ3n) is 6.30. The van der Waals surface area contributed by atoms with E-state index in [4.69, 9.17) is 18.9 Å². The SMILES string of the molecule is CC(C)(CCOCCCOCCC(C)(C)C1COC=C(O)C1=O)C1COC=C(O)C1=O. The summed E-state index contributed by atoms with van der Waals surface area (Å²) in [5, 5.41) is 19.2. The molecule has 0 aromatic carbocycles. The lowest BCUT2D eigenvalue weighted by molar-refractivity contribution is -0.131. The summed E-state index contributed by atoms with van der Waals surface area (Å²) < 4.78 is 21.7. The second kappa shape index (κ2) is 11.0. The molecule has 2 unspecified atom stereocenters. The van der Waals surface area contributed by atoms with Crippen LogP contribution in [0.3, 0.4) is 0 Å². The Kier molecular flexibility index (Phi) is 8.94. The molecule has 31 heavy (non-hydrogen) atoms. The van der Waals surface area contributed by atoms with E-state index in [1.54, 1.807) is 0 Å². The zero-order valence-corrected chi connectivity index (χ0v) is 19.0. The molecule has 2 atom stereocenters. The number of hydrogen-bond donors (Lipinski definition) is 2. The summed E-state index contributed by atoms with van der Waals surface area (Å²) in [5.41, 5.74) is -0.684. The summed E-state index contributed by atoms with van der Waals surface area (Å²) >= 11 is 0. The lowest BCUT2D eigenvalue weighted by atomic mass is 9.74. The Labute approximate surface area is 184 Å². The van der Waals surface area contributed by atoms with Gasteiger partial charge in [-0.05, 0) is 30.1 Å². The van der Waals surface area contributed by atoms with Gasteiger partial charge >= 0.3 is 0 Å². The van der Waals surface area contributed by atoms with Gasteiger partial charge < -0.3 is 29.2 Å². The van der Waals surface area contributed by atoms with Crippen LogP contribution >= 0.6 is 0 Å². The highest BCUT2D eigenvalue weighted by atomic mass is 16.5. The van der Waals surface area contributed by atoms with Crippen LogP contribution in [0.4, 0.5) is 0 Å². The van der Waals surface area contributed by atoms with E-state index < -0.39 is 0 Å². The average Bonchev–Trinajstić information content (AvgIpc) is 2.70. The maximum Gasteiger partial charge on any atom is 0.207 e. The quantitative estimate of drug-likeness (QED) is 0.444. The van der Waals surface area contributed by atoms with Crippen molar-refractivity contribution in [1.82, 2.24) is 0 Å². The molecule has 2 rings (SSSR count). The van der Waals surface area contributed by atoms with Gasteiger partial charge in [0.2, 0.25) is 11.6 Å². The number of hydrogen-bond acceptors (Lipinski definition) is 8. The third kappa shape index (κ3) is 6.97. The average molecular weight is 441 g/mol. The minimum absolute atomic E-state index is 0.272. The normalized spacial score (nSPS) is 22.5. The molecule has 2 aliphatic rings. The van der Waals surface area contributed by atoms with Crippen molar-refractivity contribution in [2.24, 2.45) is 22.7 Å². The van der Waals surface area contributed by atoms with Crippen molar-refractivity contribution in [3.63, 3.8) is 0 Å². The monoisotopic (exact) mass is 440 g/mol. The van der Waals surface area contributed by atoms with Crippen molar-refractivity contribution in [3.8, 4) is 0 Å². The maximum atomic E-state index is 12.1. The van der Waals surface area contributed by atoms with E-state index in [1.165, 1.54) is 0 Å². The van der Waals surface area contributed by atoms with Crippen molar-refractivity contribution in [1.29, 1.82) is 0 Å². The molecule has 8 heteroatoms. The van der Waals surface area contributed by atoms with Gasteiger partial charge in [-0.1, -0.05) is 27.7 Å². The van der Waals surface area contributed by atoms with Crippen LogP contribution in [0.25, 0.3) is 0 Å². The predicted octanol–water partition coefficient (Wildman–Crippen LogP) is 3.47. The number of ether oxygens (including phenoxy) is 4. The molecule has 0 saturated carbocycles. The second-order valence-corrected chi connectivity index (χ2v) is 9.56. The Morgan fingerprint density at radius 1 is 0.806 bits per heavy atom. The second-order valence-electron chi connectivity index (χ2n) is 9.56. The number of ketones is 2. The molecule has 0 aromatic rings. The molecule has 0 aliphatic carbocycles. The molecule has 2 heterocycles. The van der Waals surface area contributed by atoms with Crippen LogP contribution in [0.2, 0.25) is 0 Å². The summed E-state index contributed by atoms with van der Waals surface area (Å²) in [7, 11) is 0. The standard InChI is InChI=1S/C23H36O8/c1-22(2,16-12-30-14-18(24)20(16)26)6-10-28-8-5-9-29-11-7-23(3,4)17-13-31-15-19(25)21(17)27/h14-17,24-25H,5-13H2,1-4H3. The van der Waals surface area contributed by atoms with E-state index in [2.05, 4.69) is 0 Å². The van der Waals surface area contributed by atoms with Gasteiger partial charge in [0.1, 0.15) is 12.5 Å². The van der Waals surface area contributed by atoms with Gasteiger partial charge in [0.25, 0.3) is 0 Å². The van der Waals surface area contributed by atoms with E-state index in [1.807, 2.05) is 27.7 Å². The first kappa shape index (κ1) is 25.2. The largest absolute Gasteiger partial charge is 0.502 e. The topological polar surface area (TPSA) is 112 Å². The summed E-state index contributed by atoms with van der Waals surface area (Å²) in [5.74, 6) is -1.96. The maximum absolute atomic E-state index is 12.1. The molecule has 0 saturated heterocycles. The fourth-order valence-corrected chi connectivity index (χ4v) is 3.72. The van der Waals surface area contributed by atoms with Crippen LogP contribution < -0.4 is 0 Å². The van der Waals surface area contributed by atoms with E-state index >= 15 is 0 Å². The number of rotatable bonds is 12. The predicted molar refractivity (Wildman–Crippen MR) is 113 cm³/mol. The van der Waals surface area contributed by atoms with Gasteiger partial charge in [-0.2, -0.15) is 0 Å². The Morgan fingerprint density at radius 2 is 1.19 bits per heavy atom. The highest BCUT2D eigenvalue weighted by molar-refractivity contribution is 5.96. The van der Waals surface area contributed by atoms with Gasteiger partial charge in [0.05, 0.1) is 25.0 Å². The first-order valence-corrected chi connectivity index (χ1v) is 10.8. The Hall–Kier alpha value is -2.06. The van der Waals surface area contributed by atoms with Crippen LogP contribution in [-0.2, 0) is 28.5 Å². The highest BCUT2D eigenvalue weighted by Crippen LogP contribution is 2.36. The van der Waals surface area contributed by atoms with Crippen LogP contribution in [0, 0.1) is 22.7 Å². The van der Waals surface area contributed by atoms with Crippen LogP contribution in [0.1, 0.15) is 47.0 Å². The number of allylic oxidation sites excluding steroid dienone is 2. The van der Waals surface area contributed by atoms with Gasteiger partial charge in [-0.3, -0.25) is 9.59 Å². The van der Waals surface area contributed by atoms with Crippen molar-refractivity contribution in [3.05, 3.63) is 24.0 Å². The van der Waals surface area contributed by atoms with E-state index in [-0.39, 0.29) is 59.0 Å². The molecule has 176 valence electrons. The zero-order valence-electron chi connectivity index (χ0n) is 19.0. The number of carbonyl (C=O) groups excluding carboxylic acids is 2. The zero-order chi connectivity index (χ0) is 23.1. The minimum atomic E-state index is -0.383. The fraction of sp³-hybridized carbons (Fsp3) is 0.739. The number of Topliss-reactive ketones (excluding diaryl/α,β-unsaturated/α-hetero) is 2. The third-order valence-corrected chi connectivity index (χ3v) is 6.30. The summed E-state index contributed by atoms with van der Waals surface area (Å²) in [6.07, 6.45) is 4.30. The lowest BCUT2D eigenvalue weighted by Gasteiger charge is -2.34. The van der Waals surface area contributed by atoms with Gasteiger partial charge in [-0.25, -0.2) is 0 Å². The molecular formula is C23H36O8. The number of aliphatic hydroxyl groups excluding tert-OH is 2. The van der Waals surface area contributed by atoms with Crippen LogP contribution in [0.15, 0.2) is 24.0 Å². The molecule has 0 radical (unpaired) electrons. The smallest absolute Gasteiger partial charge is 0.207 e. The van der Waals surface area contributed by atoms with E-state index in [0.29, 0.717) is 39.3 Å². The Balaban J connectivity index is 1.57. The van der Waals surface area contributed by atoms with Crippen molar-refractivity contribution >= 4 is 11.6 Å². The van der Waals surface area contributed by atoms with Crippen LogP contribution in [0.5, 0.6) is 0 Å². The molecule has 0 spiro atoms. The Bertz CT molecular complexity index is 634. The van der Waals surface area contributed by atoms with Crippen molar-refractivity contribution in [2.45, 2.75) is 47.0 Å². The fourth-order valence-electron chi connectivity index (χ4n) is 3.72. The van der Waals surface area contributed by atoms with Crippen LogP contribution in [-0.4, -0.2) is 61.4 Å². The van der Waals surface area contributed by atoms with E-state index in [0.717, 1.165) is 18.9 Å². The molecule has 0 aromatic heterocycles. The van der Waals surface area contributed by atoms with Gasteiger partial charge in [0.15, 0.2) is 11.5 Å². The summed E-state index contributed by atoms with van der Waals surface area (Å²) in [6.45, 7) is 10.6. The van der Waals surface area contributed by atoms with Crippen molar-refractivity contribution in [2.75, 3.05) is 39.6 Å². The molecule has 2 N–H and O–H groups in total. The molecule has 0 fully saturated rings. The molecule has 8 nitrogen and oxygen atoms in total. The Morgan fingerprint density at radius 3 is 1.58 bits per heavy atom. The molecule has 2 aliphatic heterocycles. The number of carbonyl (C=O) groups is 2. The summed E-state index contributed by atoms with van der Waals surface area (Å²) in [6, 6.07) is 0. The van der Waals surface area contributed by atoms with Gasteiger partial charge in [-0.15, -0.1) is 0 Å². The molecule has 0 amide bonds. The number of aliphatic hydroxyl groups is 2.